The van der Waals surface area contributed by atoms with Gasteiger partial charge in [0.25, 0.3) is 0 Å². The maximum atomic E-state index is 11.8. The summed E-state index contributed by atoms with van der Waals surface area (Å²) in [6.45, 7) is 4.98. The predicted molar refractivity (Wildman–Crippen MR) is 130 cm³/mol. The summed E-state index contributed by atoms with van der Waals surface area (Å²) in [7, 11) is 4.12. The first-order chi connectivity index (χ1) is 16.0. The fourth-order valence-electron chi connectivity index (χ4n) is 4.34. The number of H-pyrrole nitrogens is 1. The number of amides is 1. The minimum absolute atomic E-state index is 0.456. The molecule has 3 N–H and O–H groups in total. The summed E-state index contributed by atoms with van der Waals surface area (Å²) in [5.74, 6) is 0.227. The Kier molecular flexibility index (Phi) is 5.74. The summed E-state index contributed by atoms with van der Waals surface area (Å²) >= 11 is 0. The molecule has 0 atom stereocenters. The monoisotopic (exact) mass is 447 g/mol. The van der Waals surface area contributed by atoms with Crippen LogP contribution < -0.4 is 10.6 Å². The van der Waals surface area contributed by atoms with Crippen LogP contribution in [0, 0.1) is 0 Å². The minimum atomic E-state index is -0.456. The molecule has 0 unspecified atom stereocenters. The van der Waals surface area contributed by atoms with Crippen LogP contribution in [-0.2, 0) is 11.3 Å². The van der Waals surface area contributed by atoms with E-state index >= 15 is 0 Å². The quantitative estimate of drug-likeness (QED) is 0.451. The Morgan fingerprint density at radius 2 is 2.00 bits per heavy atom. The van der Waals surface area contributed by atoms with Gasteiger partial charge in [0.05, 0.1) is 29.8 Å². The van der Waals surface area contributed by atoms with E-state index in [-0.39, 0.29) is 0 Å². The van der Waals surface area contributed by atoms with Crippen LogP contribution in [0.1, 0.15) is 16.8 Å². The molecule has 0 spiro atoms. The zero-order valence-corrected chi connectivity index (χ0v) is 19.0. The molecular weight excluding hydrogens is 418 g/mol. The number of aromatic amines is 1. The molecule has 2 aromatic heterocycles. The van der Waals surface area contributed by atoms with Gasteiger partial charge < -0.3 is 25.3 Å². The SMILES string of the molecule is CN(C)CCCn1nc(-c2nc3ccc(N4CCOCC4)cc3[nH]2)c2cc(C(N)=O)ccc21. The lowest BCUT2D eigenvalue weighted by atomic mass is 10.1. The van der Waals surface area contributed by atoms with Crippen molar-refractivity contribution in [2.75, 3.05) is 51.8 Å². The number of nitrogens with two attached hydrogens (primary N) is 1. The molecule has 4 aromatic rings. The number of imidazole rings is 1. The Morgan fingerprint density at radius 1 is 1.18 bits per heavy atom. The molecule has 172 valence electrons. The van der Waals surface area contributed by atoms with Gasteiger partial charge in [-0.3, -0.25) is 9.48 Å². The highest BCUT2D eigenvalue weighted by molar-refractivity contribution is 6.01. The van der Waals surface area contributed by atoms with E-state index in [2.05, 4.69) is 41.0 Å². The van der Waals surface area contributed by atoms with Crippen molar-refractivity contribution in [3.05, 3.63) is 42.0 Å². The molecule has 9 heteroatoms. The lowest BCUT2D eigenvalue weighted by molar-refractivity contribution is 0.100. The van der Waals surface area contributed by atoms with Crippen LogP contribution in [0.25, 0.3) is 33.5 Å². The smallest absolute Gasteiger partial charge is 0.248 e. The highest BCUT2D eigenvalue weighted by atomic mass is 16.5. The molecule has 0 aliphatic carbocycles. The van der Waals surface area contributed by atoms with Crippen LogP contribution in [0.2, 0.25) is 0 Å². The summed E-state index contributed by atoms with van der Waals surface area (Å²) in [5.41, 5.74) is 10.7. The molecule has 3 heterocycles. The summed E-state index contributed by atoms with van der Waals surface area (Å²) in [6, 6.07) is 11.7. The summed E-state index contributed by atoms with van der Waals surface area (Å²) < 4.78 is 7.46. The maximum Gasteiger partial charge on any atom is 0.248 e. The third-order valence-electron chi connectivity index (χ3n) is 6.08. The van der Waals surface area contributed by atoms with Gasteiger partial charge in [-0.25, -0.2) is 4.98 Å². The number of hydrogen-bond donors (Lipinski definition) is 2. The van der Waals surface area contributed by atoms with E-state index in [1.165, 1.54) is 0 Å². The average molecular weight is 448 g/mol. The molecule has 1 fully saturated rings. The molecule has 5 rings (SSSR count). The number of hydrogen-bond acceptors (Lipinski definition) is 6. The first kappa shape index (κ1) is 21.4. The Hall–Kier alpha value is -3.43. The molecule has 9 nitrogen and oxygen atoms in total. The Labute approximate surface area is 192 Å². The number of benzene rings is 2. The van der Waals surface area contributed by atoms with Crippen LogP contribution in [0.4, 0.5) is 5.69 Å². The van der Waals surface area contributed by atoms with Crippen LogP contribution in [0.5, 0.6) is 0 Å². The normalized spacial score (nSPS) is 14.6. The molecular formula is C24H29N7O2. The number of aryl methyl sites for hydroxylation is 1. The van der Waals surface area contributed by atoms with Crippen molar-refractivity contribution < 1.29 is 9.53 Å². The van der Waals surface area contributed by atoms with Gasteiger partial charge in [-0.1, -0.05) is 0 Å². The van der Waals surface area contributed by atoms with Crippen LogP contribution in [-0.4, -0.2) is 77.5 Å². The van der Waals surface area contributed by atoms with Crippen molar-refractivity contribution in [3.8, 4) is 11.5 Å². The second kappa shape index (κ2) is 8.84. The van der Waals surface area contributed by atoms with Crippen LogP contribution in [0.15, 0.2) is 36.4 Å². The number of rotatable bonds is 7. The minimum Gasteiger partial charge on any atom is -0.378 e. The van der Waals surface area contributed by atoms with Crippen molar-refractivity contribution in [2.24, 2.45) is 5.73 Å². The molecule has 33 heavy (non-hydrogen) atoms. The average Bonchev–Trinajstić information content (AvgIpc) is 3.40. The number of morpholine rings is 1. The number of ether oxygens (including phenoxy) is 1. The van der Waals surface area contributed by atoms with E-state index in [4.69, 9.17) is 20.6 Å². The summed E-state index contributed by atoms with van der Waals surface area (Å²) in [4.78, 5) is 24.6. The van der Waals surface area contributed by atoms with Gasteiger partial charge in [0, 0.05) is 36.3 Å². The zero-order chi connectivity index (χ0) is 22.9. The molecule has 1 amide bonds. The zero-order valence-electron chi connectivity index (χ0n) is 19.0. The molecule has 0 radical (unpaired) electrons. The number of anilines is 1. The number of aromatic nitrogens is 4. The van der Waals surface area contributed by atoms with Gasteiger partial charge in [-0.05, 0) is 63.5 Å². The van der Waals surface area contributed by atoms with Crippen molar-refractivity contribution in [3.63, 3.8) is 0 Å². The second-order valence-electron chi connectivity index (χ2n) is 8.71. The van der Waals surface area contributed by atoms with E-state index in [0.717, 1.165) is 79.1 Å². The van der Waals surface area contributed by atoms with Gasteiger partial charge in [-0.15, -0.1) is 0 Å². The van der Waals surface area contributed by atoms with Gasteiger partial charge in [0.1, 0.15) is 5.69 Å². The van der Waals surface area contributed by atoms with Crippen molar-refractivity contribution >= 4 is 33.5 Å². The third-order valence-corrected chi connectivity index (χ3v) is 6.08. The van der Waals surface area contributed by atoms with Gasteiger partial charge >= 0.3 is 0 Å². The summed E-state index contributed by atoms with van der Waals surface area (Å²) in [5, 5.41) is 5.75. The van der Waals surface area contributed by atoms with Gasteiger partial charge in [0.2, 0.25) is 5.91 Å². The van der Waals surface area contributed by atoms with Crippen molar-refractivity contribution in [1.29, 1.82) is 0 Å². The lowest BCUT2D eigenvalue weighted by Crippen LogP contribution is -2.36. The Bertz CT molecular complexity index is 1300. The molecule has 1 saturated heterocycles. The highest BCUT2D eigenvalue weighted by Gasteiger charge is 2.18. The fraction of sp³-hybridized carbons (Fsp3) is 0.375. The summed E-state index contributed by atoms with van der Waals surface area (Å²) in [6.07, 6.45) is 0.962. The van der Waals surface area contributed by atoms with Crippen LogP contribution >= 0.6 is 0 Å². The molecule has 2 aromatic carbocycles. The van der Waals surface area contributed by atoms with E-state index in [1.807, 2.05) is 22.9 Å². The van der Waals surface area contributed by atoms with Crippen molar-refractivity contribution in [2.45, 2.75) is 13.0 Å². The van der Waals surface area contributed by atoms with Gasteiger partial charge in [-0.2, -0.15) is 5.10 Å². The number of carbonyl (C=O) groups excluding carboxylic acids is 1. The molecule has 0 bridgehead atoms. The second-order valence-corrected chi connectivity index (χ2v) is 8.71. The topological polar surface area (TPSA) is 105 Å². The highest BCUT2D eigenvalue weighted by Crippen LogP contribution is 2.30. The standard InChI is InChI=1S/C24H29N7O2/c1-29(2)8-3-9-31-21-7-4-16(23(25)32)14-18(21)22(28-31)24-26-19-6-5-17(15-20(19)27-24)30-10-12-33-13-11-30/h4-7,14-15H,3,8-13H2,1-2H3,(H2,25,32)(H,26,27). The number of carbonyl (C=O) groups is 1. The third kappa shape index (κ3) is 4.29. The largest absolute Gasteiger partial charge is 0.378 e. The maximum absolute atomic E-state index is 11.8. The predicted octanol–water partition coefficient (Wildman–Crippen LogP) is 2.47. The van der Waals surface area contributed by atoms with E-state index in [0.29, 0.717) is 11.4 Å². The number of nitrogens with zero attached hydrogens (tertiary/aromatic N) is 5. The van der Waals surface area contributed by atoms with Gasteiger partial charge in [0.15, 0.2) is 5.82 Å². The molecule has 1 aliphatic rings. The van der Waals surface area contributed by atoms with E-state index < -0.39 is 5.91 Å². The fourth-order valence-corrected chi connectivity index (χ4v) is 4.34. The van der Waals surface area contributed by atoms with E-state index in [9.17, 15) is 4.79 Å². The number of primary amides is 1. The van der Waals surface area contributed by atoms with E-state index in [1.54, 1.807) is 6.07 Å². The number of nitrogens with one attached hydrogen (secondary N) is 1. The molecule has 0 saturated carbocycles. The number of fused-ring (bicyclic) bond motifs is 2. The lowest BCUT2D eigenvalue weighted by Gasteiger charge is -2.28. The Morgan fingerprint density at radius 3 is 2.76 bits per heavy atom. The van der Waals surface area contributed by atoms with Crippen LogP contribution in [0.3, 0.4) is 0 Å². The first-order valence-electron chi connectivity index (χ1n) is 11.3. The molecule has 1 aliphatic heterocycles. The Balaban J connectivity index is 1.55. The van der Waals surface area contributed by atoms with Crippen molar-refractivity contribution in [1.82, 2.24) is 24.6 Å². The first-order valence-corrected chi connectivity index (χ1v) is 11.3.